The number of aromatic nitrogens is 2. The number of aryl methyl sites for hydroxylation is 1. The number of rotatable bonds is 24. The van der Waals surface area contributed by atoms with Gasteiger partial charge in [-0.25, -0.2) is 9.13 Å². The molecule has 238 valence electrons. The molecule has 0 aliphatic carbocycles. The molecule has 43 heavy (non-hydrogen) atoms. The van der Waals surface area contributed by atoms with Crippen molar-refractivity contribution < 1.29 is 4.57 Å². The summed E-state index contributed by atoms with van der Waals surface area (Å²) in [6, 6.07) is 22.6. The van der Waals surface area contributed by atoms with Gasteiger partial charge in [-0.2, -0.15) is 0 Å². The van der Waals surface area contributed by atoms with Crippen LogP contribution in [0, 0.1) is 5.92 Å². The third-order valence-corrected chi connectivity index (χ3v) is 9.68. The first kappa shape index (κ1) is 35.1. The number of imidazole rings is 1. The van der Waals surface area contributed by atoms with Crippen LogP contribution in [0.4, 0.5) is 0 Å². The largest absolute Gasteiger partial charge is 0.244 e. The molecule has 2 atom stereocenters. The van der Waals surface area contributed by atoms with Gasteiger partial charge in [-0.3, -0.25) is 0 Å². The van der Waals surface area contributed by atoms with Gasteiger partial charge in [0.1, 0.15) is 18.4 Å². The lowest BCUT2D eigenvalue weighted by molar-refractivity contribution is -0.697. The van der Waals surface area contributed by atoms with Gasteiger partial charge in [-0.05, 0) is 36.3 Å². The maximum Gasteiger partial charge on any atom is 0.244 e. The molecule has 0 radical (unpaired) electrons. The molecule has 3 rings (SSSR count). The monoisotopic (exact) mass is 586 g/mol. The number of unbranched alkanes of at least 4 members (excludes halogenated alkanes) is 16. The second-order valence-electron chi connectivity index (χ2n) is 13.9. The summed E-state index contributed by atoms with van der Waals surface area (Å²) in [6.07, 6.45) is 32.2. The molecule has 0 N–H and O–H groups in total. The maximum atomic E-state index is 2.51. The molecule has 0 fully saturated rings. The first-order valence-electron chi connectivity index (χ1n) is 18.2. The lowest BCUT2D eigenvalue weighted by Gasteiger charge is -2.38. The average Bonchev–Trinajstić information content (AvgIpc) is 3.47. The molecule has 1 heterocycles. The third kappa shape index (κ3) is 12.7. The molecule has 0 spiro atoms. The Balaban J connectivity index is 1.36. The van der Waals surface area contributed by atoms with E-state index in [1.807, 2.05) is 0 Å². The molecule has 2 nitrogen and oxygen atoms in total. The van der Waals surface area contributed by atoms with Gasteiger partial charge >= 0.3 is 0 Å². The van der Waals surface area contributed by atoms with Gasteiger partial charge in [0.2, 0.25) is 6.33 Å². The van der Waals surface area contributed by atoms with Crippen LogP contribution in [-0.2, 0) is 18.4 Å². The Morgan fingerprint density at radius 3 is 1.58 bits per heavy atom. The predicted molar refractivity (Wildman–Crippen MR) is 187 cm³/mol. The highest BCUT2D eigenvalue weighted by Gasteiger charge is 2.42. The SMILES string of the molecule is CCCCCCCCCCCCCCCCCCC[n+]1ccn(C(C(C)C)C(C)(Cc2ccccc2)c2ccccc2)c1. The van der Waals surface area contributed by atoms with E-state index in [-0.39, 0.29) is 5.41 Å². The van der Waals surface area contributed by atoms with E-state index in [0.717, 1.165) is 13.0 Å². The van der Waals surface area contributed by atoms with Crippen LogP contribution in [0.25, 0.3) is 0 Å². The molecule has 1 aromatic heterocycles. The summed E-state index contributed by atoms with van der Waals surface area (Å²) in [5.74, 6) is 0.509. The minimum absolute atomic E-state index is 0.0124. The van der Waals surface area contributed by atoms with Crippen molar-refractivity contribution in [1.82, 2.24) is 4.57 Å². The van der Waals surface area contributed by atoms with E-state index in [9.17, 15) is 0 Å². The first-order chi connectivity index (χ1) is 21.0. The molecular formula is C41H65N2+. The third-order valence-electron chi connectivity index (χ3n) is 9.68. The second kappa shape index (κ2) is 20.6. The van der Waals surface area contributed by atoms with Gasteiger partial charge in [0, 0.05) is 5.41 Å². The Morgan fingerprint density at radius 1 is 0.628 bits per heavy atom. The van der Waals surface area contributed by atoms with Crippen molar-refractivity contribution in [1.29, 1.82) is 0 Å². The van der Waals surface area contributed by atoms with Gasteiger partial charge < -0.3 is 0 Å². The summed E-state index contributed by atoms with van der Waals surface area (Å²) in [5.41, 5.74) is 2.82. The highest BCUT2D eigenvalue weighted by molar-refractivity contribution is 5.31. The van der Waals surface area contributed by atoms with Crippen LogP contribution in [0.1, 0.15) is 154 Å². The fourth-order valence-electron chi connectivity index (χ4n) is 7.35. The van der Waals surface area contributed by atoms with Crippen LogP contribution >= 0.6 is 0 Å². The second-order valence-corrected chi connectivity index (χ2v) is 13.9. The van der Waals surface area contributed by atoms with Crippen LogP contribution < -0.4 is 4.57 Å². The molecule has 0 amide bonds. The van der Waals surface area contributed by atoms with Crippen molar-refractivity contribution in [2.75, 3.05) is 0 Å². The normalized spacial score (nSPS) is 13.8. The predicted octanol–water partition coefficient (Wildman–Crippen LogP) is 11.8. The van der Waals surface area contributed by atoms with Crippen molar-refractivity contribution in [3.05, 3.63) is 90.5 Å². The lowest BCUT2D eigenvalue weighted by atomic mass is 9.68. The van der Waals surface area contributed by atoms with E-state index in [1.54, 1.807) is 0 Å². The van der Waals surface area contributed by atoms with E-state index in [4.69, 9.17) is 0 Å². The van der Waals surface area contributed by atoms with E-state index in [0.29, 0.717) is 12.0 Å². The Kier molecular flexibility index (Phi) is 16.8. The summed E-state index contributed by atoms with van der Waals surface area (Å²) < 4.78 is 4.93. The van der Waals surface area contributed by atoms with E-state index < -0.39 is 0 Å². The van der Waals surface area contributed by atoms with Crippen molar-refractivity contribution >= 4 is 0 Å². The quantitative estimate of drug-likeness (QED) is 0.0730. The summed E-state index contributed by atoms with van der Waals surface area (Å²) >= 11 is 0. The number of hydrogen-bond acceptors (Lipinski definition) is 0. The fraction of sp³-hybridized carbons (Fsp3) is 0.634. The summed E-state index contributed by atoms with van der Waals surface area (Å²) in [5, 5.41) is 0. The minimum Gasteiger partial charge on any atom is -0.237 e. The van der Waals surface area contributed by atoms with Crippen LogP contribution in [0.3, 0.4) is 0 Å². The minimum atomic E-state index is -0.0124. The molecule has 0 saturated carbocycles. The molecule has 0 bridgehead atoms. The molecular weight excluding hydrogens is 520 g/mol. The van der Waals surface area contributed by atoms with Crippen LogP contribution in [-0.4, -0.2) is 4.57 Å². The smallest absolute Gasteiger partial charge is 0.237 e. The highest BCUT2D eigenvalue weighted by Crippen LogP contribution is 2.42. The van der Waals surface area contributed by atoms with Crippen molar-refractivity contribution in [3.63, 3.8) is 0 Å². The Labute approximate surface area is 266 Å². The van der Waals surface area contributed by atoms with Crippen molar-refractivity contribution in [3.8, 4) is 0 Å². The first-order valence-corrected chi connectivity index (χ1v) is 18.2. The summed E-state index contributed by atoms with van der Waals surface area (Å²) in [6.45, 7) is 10.7. The Bertz CT molecular complexity index is 1070. The molecule has 0 aliphatic rings. The Morgan fingerprint density at radius 2 is 1.09 bits per heavy atom. The number of nitrogens with zero attached hydrogens (tertiary/aromatic N) is 2. The molecule has 3 aromatic rings. The summed E-state index contributed by atoms with van der Waals surface area (Å²) in [7, 11) is 0. The molecule has 0 aliphatic heterocycles. The number of hydrogen-bond donors (Lipinski definition) is 0. The van der Waals surface area contributed by atoms with Gasteiger partial charge in [-0.1, -0.05) is 185 Å². The summed E-state index contributed by atoms with van der Waals surface area (Å²) in [4.78, 5) is 0. The molecule has 2 heteroatoms. The van der Waals surface area contributed by atoms with Crippen LogP contribution in [0.15, 0.2) is 79.4 Å². The van der Waals surface area contributed by atoms with Crippen molar-refractivity contribution in [2.24, 2.45) is 5.92 Å². The zero-order valence-corrected chi connectivity index (χ0v) is 28.5. The molecule has 0 saturated heterocycles. The van der Waals surface area contributed by atoms with Crippen molar-refractivity contribution in [2.45, 2.75) is 161 Å². The highest BCUT2D eigenvalue weighted by atomic mass is 15.1. The standard InChI is InChI=1S/C41H65N2/c1-5-6-7-8-9-10-11-12-13-14-15-16-17-18-19-20-27-32-42-33-34-43(36-42)40(37(2)3)41(4,39-30-25-22-26-31-39)35-38-28-23-21-24-29-38/h21-26,28-31,33-34,36-37,40H,5-20,27,32,35H2,1-4H3/q+1. The zero-order valence-electron chi connectivity index (χ0n) is 28.5. The molecule has 2 unspecified atom stereocenters. The lowest BCUT2D eigenvalue weighted by Crippen LogP contribution is -2.40. The van der Waals surface area contributed by atoms with Crippen LogP contribution in [0.2, 0.25) is 0 Å². The van der Waals surface area contributed by atoms with Crippen LogP contribution in [0.5, 0.6) is 0 Å². The Hall–Kier alpha value is -2.35. The van der Waals surface area contributed by atoms with E-state index in [1.165, 1.54) is 120 Å². The van der Waals surface area contributed by atoms with Gasteiger partial charge in [0.15, 0.2) is 0 Å². The average molecular weight is 586 g/mol. The zero-order chi connectivity index (χ0) is 30.6. The van der Waals surface area contributed by atoms with Gasteiger partial charge in [-0.15, -0.1) is 0 Å². The van der Waals surface area contributed by atoms with E-state index >= 15 is 0 Å². The topological polar surface area (TPSA) is 8.81 Å². The molecule has 2 aromatic carbocycles. The maximum absolute atomic E-state index is 2.51. The van der Waals surface area contributed by atoms with Gasteiger partial charge in [0.05, 0.1) is 6.54 Å². The number of benzene rings is 2. The van der Waals surface area contributed by atoms with E-state index in [2.05, 4.69) is 116 Å². The fourth-order valence-corrected chi connectivity index (χ4v) is 7.35. The van der Waals surface area contributed by atoms with Gasteiger partial charge in [0.25, 0.3) is 0 Å².